The number of ether oxygens (including phenoxy) is 2. The molecule has 1 aliphatic rings. The lowest BCUT2D eigenvalue weighted by atomic mass is 10.3. The van der Waals surface area contributed by atoms with E-state index in [1.54, 1.807) is 12.1 Å². The van der Waals surface area contributed by atoms with Gasteiger partial charge in [-0.25, -0.2) is 8.42 Å². The van der Waals surface area contributed by atoms with Gasteiger partial charge in [0.1, 0.15) is 5.75 Å². The summed E-state index contributed by atoms with van der Waals surface area (Å²) < 4.78 is 35.5. The number of carbonyl (C=O) groups is 1. The molecule has 1 amide bonds. The fourth-order valence-corrected chi connectivity index (χ4v) is 3.85. The van der Waals surface area contributed by atoms with Crippen molar-refractivity contribution in [2.24, 2.45) is 0 Å². The molecule has 0 bridgehead atoms. The average Bonchev–Trinajstić information content (AvgIpc) is 2.61. The van der Waals surface area contributed by atoms with E-state index in [0.717, 1.165) is 19.6 Å². The zero-order valence-corrected chi connectivity index (χ0v) is 16.3. The molecule has 0 unspecified atom stereocenters. The molecule has 1 saturated heterocycles. The predicted octanol–water partition coefficient (Wildman–Crippen LogP) is 1.09. The maximum Gasteiger partial charge on any atom is 0.221 e. The van der Waals surface area contributed by atoms with Crippen LogP contribution in [0.1, 0.15) is 20.3 Å². The SMILES string of the molecule is CC(C)Oc1ccc(S(=O)(=O)CCC(=O)NCCN2CCOCC2)cc1. The average molecular weight is 384 g/mol. The molecule has 1 aromatic carbocycles. The first-order valence-electron chi connectivity index (χ1n) is 8.93. The Morgan fingerprint density at radius 1 is 1.23 bits per heavy atom. The van der Waals surface area contributed by atoms with E-state index in [1.807, 2.05) is 13.8 Å². The van der Waals surface area contributed by atoms with Gasteiger partial charge in [0.05, 0.1) is 30.0 Å². The fraction of sp³-hybridized carbons (Fsp3) is 0.611. The summed E-state index contributed by atoms with van der Waals surface area (Å²) >= 11 is 0. The van der Waals surface area contributed by atoms with Gasteiger partial charge < -0.3 is 14.8 Å². The number of morpholine rings is 1. The number of hydrogen-bond donors (Lipinski definition) is 1. The van der Waals surface area contributed by atoms with Crippen molar-refractivity contribution < 1.29 is 22.7 Å². The van der Waals surface area contributed by atoms with Crippen molar-refractivity contribution in [1.29, 1.82) is 0 Å². The predicted molar refractivity (Wildman–Crippen MR) is 99.1 cm³/mol. The van der Waals surface area contributed by atoms with Gasteiger partial charge in [0.25, 0.3) is 0 Å². The van der Waals surface area contributed by atoms with Crippen LogP contribution >= 0.6 is 0 Å². The first-order chi connectivity index (χ1) is 12.4. The molecular weight excluding hydrogens is 356 g/mol. The van der Waals surface area contributed by atoms with Gasteiger partial charge in [0.15, 0.2) is 9.84 Å². The van der Waals surface area contributed by atoms with Crippen molar-refractivity contribution in [3.63, 3.8) is 0 Å². The topological polar surface area (TPSA) is 84.9 Å². The van der Waals surface area contributed by atoms with Crippen LogP contribution in [-0.4, -0.2) is 70.5 Å². The number of benzene rings is 1. The highest BCUT2D eigenvalue weighted by atomic mass is 32.2. The Kier molecular flexibility index (Phi) is 7.86. The lowest BCUT2D eigenvalue weighted by Crippen LogP contribution is -2.41. The van der Waals surface area contributed by atoms with Crippen LogP contribution in [0.2, 0.25) is 0 Å². The van der Waals surface area contributed by atoms with Crippen LogP contribution in [0.3, 0.4) is 0 Å². The van der Waals surface area contributed by atoms with Crippen LogP contribution in [0.5, 0.6) is 5.75 Å². The van der Waals surface area contributed by atoms with Crippen molar-refractivity contribution in [2.75, 3.05) is 45.1 Å². The quantitative estimate of drug-likeness (QED) is 0.686. The van der Waals surface area contributed by atoms with E-state index < -0.39 is 9.84 Å². The van der Waals surface area contributed by atoms with E-state index >= 15 is 0 Å². The van der Waals surface area contributed by atoms with Crippen LogP contribution in [0, 0.1) is 0 Å². The number of nitrogens with zero attached hydrogens (tertiary/aromatic N) is 1. The molecule has 1 aromatic rings. The van der Waals surface area contributed by atoms with Gasteiger partial charge in [0.2, 0.25) is 5.91 Å². The number of amides is 1. The molecule has 7 nitrogen and oxygen atoms in total. The van der Waals surface area contributed by atoms with Gasteiger partial charge in [-0.1, -0.05) is 0 Å². The van der Waals surface area contributed by atoms with Crippen molar-refractivity contribution >= 4 is 15.7 Å². The number of rotatable bonds is 9. The Bertz CT molecular complexity index is 667. The highest BCUT2D eigenvalue weighted by molar-refractivity contribution is 7.91. The molecule has 0 aromatic heterocycles. The van der Waals surface area contributed by atoms with Gasteiger partial charge in [-0.15, -0.1) is 0 Å². The molecule has 2 rings (SSSR count). The van der Waals surface area contributed by atoms with Crippen LogP contribution in [0.15, 0.2) is 29.2 Å². The Labute approximate surface area is 155 Å². The van der Waals surface area contributed by atoms with Gasteiger partial charge in [0, 0.05) is 32.6 Å². The molecule has 26 heavy (non-hydrogen) atoms. The molecule has 0 aliphatic carbocycles. The van der Waals surface area contributed by atoms with E-state index in [0.29, 0.717) is 25.5 Å². The lowest BCUT2D eigenvalue weighted by Gasteiger charge is -2.26. The van der Waals surface area contributed by atoms with Crippen LogP contribution in [-0.2, 0) is 19.4 Å². The summed E-state index contributed by atoms with van der Waals surface area (Å²) in [5.74, 6) is 0.169. The molecule has 1 N–H and O–H groups in total. The maximum atomic E-state index is 12.3. The van der Waals surface area contributed by atoms with Crippen molar-refractivity contribution in [3.05, 3.63) is 24.3 Å². The van der Waals surface area contributed by atoms with Crippen LogP contribution in [0.25, 0.3) is 0 Å². The second kappa shape index (κ2) is 9.89. The van der Waals surface area contributed by atoms with Crippen LogP contribution < -0.4 is 10.1 Å². The molecule has 8 heteroatoms. The number of nitrogens with one attached hydrogen (secondary N) is 1. The standard InChI is InChI=1S/C18H28N2O5S/c1-15(2)25-16-3-5-17(6-4-16)26(22,23)14-7-18(21)19-8-9-20-10-12-24-13-11-20/h3-6,15H,7-14H2,1-2H3,(H,19,21). The summed E-state index contributed by atoms with van der Waals surface area (Å²) in [6, 6.07) is 6.30. The molecule has 0 saturated carbocycles. The minimum absolute atomic E-state index is 0.0265. The lowest BCUT2D eigenvalue weighted by molar-refractivity contribution is -0.120. The molecule has 0 atom stereocenters. The van der Waals surface area contributed by atoms with E-state index in [2.05, 4.69) is 10.2 Å². The van der Waals surface area contributed by atoms with Gasteiger partial charge in [-0.3, -0.25) is 9.69 Å². The normalized spacial score (nSPS) is 15.8. The summed E-state index contributed by atoms with van der Waals surface area (Å²) in [5.41, 5.74) is 0. The maximum absolute atomic E-state index is 12.3. The first kappa shape index (κ1) is 20.7. The zero-order chi connectivity index (χ0) is 19.0. The molecule has 146 valence electrons. The third kappa shape index (κ3) is 6.93. The molecule has 1 aliphatic heterocycles. The van der Waals surface area contributed by atoms with Crippen molar-refractivity contribution in [3.8, 4) is 5.75 Å². The highest BCUT2D eigenvalue weighted by Crippen LogP contribution is 2.18. The molecular formula is C18H28N2O5S. The van der Waals surface area contributed by atoms with E-state index in [9.17, 15) is 13.2 Å². The Balaban J connectivity index is 1.74. The highest BCUT2D eigenvalue weighted by Gasteiger charge is 2.17. The Morgan fingerprint density at radius 3 is 2.50 bits per heavy atom. The van der Waals surface area contributed by atoms with Gasteiger partial charge in [-0.2, -0.15) is 0 Å². The molecule has 0 radical (unpaired) electrons. The summed E-state index contributed by atoms with van der Waals surface area (Å²) in [4.78, 5) is 14.3. The number of carbonyl (C=O) groups excluding carboxylic acids is 1. The second-order valence-electron chi connectivity index (χ2n) is 6.51. The summed E-state index contributed by atoms with van der Waals surface area (Å²) in [5, 5.41) is 2.78. The second-order valence-corrected chi connectivity index (χ2v) is 8.62. The molecule has 1 fully saturated rings. The van der Waals surface area contributed by atoms with Gasteiger partial charge >= 0.3 is 0 Å². The minimum atomic E-state index is -3.49. The minimum Gasteiger partial charge on any atom is -0.491 e. The fourth-order valence-electron chi connectivity index (χ4n) is 2.61. The smallest absolute Gasteiger partial charge is 0.221 e. The Morgan fingerprint density at radius 2 is 1.88 bits per heavy atom. The third-order valence-corrected chi connectivity index (χ3v) is 5.74. The zero-order valence-electron chi connectivity index (χ0n) is 15.4. The molecule has 1 heterocycles. The summed E-state index contributed by atoms with van der Waals surface area (Å²) in [7, 11) is -3.49. The number of hydrogen-bond acceptors (Lipinski definition) is 6. The molecule has 0 spiro atoms. The largest absolute Gasteiger partial charge is 0.491 e. The van der Waals surface area contributed by atoms with E-state index in [1.165, 1.54) is 12.1 Å². The van der Waals surface area contributed by atoms with Crippen molar-refractivity contribution in [2.45, 2.75) is 31.3 Å². The first-order valence-corrected chi connectivity index (χ1v) is 10.6. The van der Waals surface area contributed by atoms with Crippen molar-refractivity contribution in [1.82, 2.24) is 10.2 Å². The summed E-state index contributed by atoms with van der Waals surface area (Å²) in [6.07, 6.45) is -0.0194. The van der Waals surface area contributed by atoms with E-state index in [4.69, 9.17) is 9.47 Å². The van der Waals surface area contributed by atoms with Crippen LogP contribution in [0.4, 0.5) is 0 Å². The number of sulfone groups is 1. The monoisotopic (exact) mass is 384 g/mol. The Hall–Kier alpha value is -1.64. The third-order valence-electron chi connectivity index (χ3n) is 4.01. The van der Waals surface area contributed by atoms with Gasteiger partial charge in [-0.05, 0) is 38.1 Å². The summed E-state index contributed by atoms with van der Waals surface area (Å²) in [6.45, 7) is 8.23. The van der Waals surface area contributed by atoms with E-state index in [-0.39, 0.29) is 29.1 Å².